The van der Waals surface area contributed by atoms with Crippen molar-refractivity contribution in [1.29, 1.82) is 0 Å². The summed E-state index contributed by atoms with van der Waals surface area (Å²) in [5.41, 5.74) is -0.525. The molecule has 4 nitrogen and oxygen atoms in total. The third-order valence-corrected chi connectivity index (χ3v) is 5.97. The van der Waals surface area contributed by atoms with Gasteiger partial charge in [-0.05, 0) is 58.8 Å². The number of piperazine rings is 1. The van der Waals surface area contributed by atoms with E-state index >= 15 is 0 Å². The molecule has 8 heteroatoms. The molecule has 3 rings (SSSR count). The summed E-state index contributed by atoms with van der Waals surface area (Å²) in [6, 6.07) is 2.97. The molecule has 2 saturated heterocycles. The van der Waals surface area contributed by atoms with E-state index in [1.165, 1.54) is 6.07 Å². The van der Waals surface area contributed by atoms with Gasteiger partial charge in [0.25, 0.3) is 0 Å². The first-order chi connectivity index (χ1) is 12.3. The van der Waals surface area contributed by atoms with Crippen molar-refractivity contribution in [3.8, 4) is 0 Å². The lowest BCUT2D eigenvalue weighted by molar-refractivity contribution is -0.137. The molecule has 0 spiro atoms. The smallest absolute Gasteiger partial charge is 0.399 e. The highest BCUT2D eigenvalue weighted by molar-refractivity contribution is 6.62. The first-order valence-corrected chi connectivity index (χ1v) is 9.33. The average molecular weight is 384 g/mol. The summed E-state index contributed by atoms with van der Waals surface area (Å²) in [7, 11) is 1.17. The van der Waals surface area contributed by atoms with Crippen LogP contribution in [-0.2, 0) is 15.5 Å². The summed E-state index contributed by atoms with van der Waals surface area (Å²) in [5.74, 6) is 0. The van der Waals surface area contributed by atoms with Gasteiger partial charge in [0.1, 0.15) is 0 Å². The fourth-order valence-electron chi connectivity index (χ4n) is 3.59. The molecule has 0 saturated carbocycles. The second kappa shape index (κ2) is 6.67. The molecule has 0 aromatic heterocycles. The number of rotatable bonds is 2. The lowest BCUT2D eigenvalue weighted by Gasteiger charge is -2.36. The molecule has 0 atom stereocenters. The number of hydrogen-bond acceptors (Lipinski definition) is 4. The number of aryl methyl sites for hydroxylation is 1. The van der Waals surface area contributed by atoms with Crippen LogP contribution >= 0.6 is 0 Å². The number of nitrogens with zero attached hydrogens (tertiary/aromatic N) is 2. The van der Waals surface area contributed by atoms with Gasteiger partial charge in [0.05, 0.1) is 22.5 Å². The summed E-state index contributed by atoms with van der Waals surface area (Å²) in [6.07, 6.45) is -4.44. The molecule has 0 aliphatic carbocycles. The number of hydrogen-bond donors (Lipinski definition) is 0. The van der Waals surface area contributed by atoms with Crippen LogP contribution in [0.4, 0.5) is 18.9 Å². The second-order valence-corrected chi connectivity index (χ2v) is 8.61. The second-order valence-electron chi connectivity index (χ2n) is 8.61. The van der Waals surface area contributed by atoms with Gasteiger partial charge >= 0.3 is 13.3 Å². The average Bonchev–Trinajstić information content (AvgIpc) is 2.75. The molecule has 0 unspecified atom stereocenters. The molecule has 2 heterocycles. The Morgan fingerprint density at radius 1 is 0.963 bits per heavy atom. The van der Waals surface area contributed by atoms with Crippen molar-refractivity contribution in [1.82, 2.24) is 4.90 Å². The van der Waals surface area contributed by atoms with Gasteiger partial charge in [-0.3, -0.25) is 0 Å². The molecule has 1 aromatic rings. The first-order valence-electron chi connectivity index (χ1n) is 9.33. The summed E-state index contributed by atoms with van der Waals surface area (Å²) in [6.45, 7) is 12.0. The Kier molecular flexibility index (Phi) is 5.06. The highest BCUT2D eigenvalue weighted by Crippen LogP contribution is 2.40. The molecule has 0 radical (unpaired) electrons. The quantitative estimate of drug-likeness (QED) is 0.732. The number of alkyl halides is 3. The molecule has 0 N–H and O–H groups in total. The monoisotopic (exact) mass is 384 g/mol. The van der Waals surface area contributed by atoms with Crippen molar-refractivity contribution in [2.45, 2.75) is 52.0 Å². The van der Waals surface area contributed by atoms with Crippen LogP contribution in [0.2, 0.25) is 0 Å². The maximum atomic E-state index is 13.9. The van der Waals surface area contributed by atoms with Crippen LogP contribution in [0.1, 0.15) is 38.8 Å². The molecule has 0 bridgehead atoms. The van der Waals surface area contributed by atoms with Crippen LogP contribution in [0.25, 0.3) is 0 Å². The molecule has 0 amide bonds. The Bertz CT molecular complexity index is 698. The normalized spacial score (nSPS) is 23.1. The summed E-state index contributed by atoms with van der Waals surface area (Å²) >= 11 is 0. The van der Waals surface area contributed by atoms with Crippen LogP contribution in [0.5, 0.6) is 0 Å². The zero-order chi connectivity index (χ0) is 20.2. The fourth-order valence-corrected chi connectivity index (χ4v) is 3.59. The van der Waals surface area contributed by atoms with E-state index in [0.29, 0.717) is 24.1 Å². The lowest BCUT2D eigenvalue weighted by Crippen LogP contribution is -2.46. The predicted octanol–water partition coefficient (Wildman–Crippen LogP) is 3.06. The van der Waals surface area contributed by atoms with Gasteiger partial charge in [-0.1, -0.05) is 6.07 Å². The van der Waals surface area contributed by atoms with Gasteiger partial charge in [0.15, 0.2) is 0 Å². The zero-order valence-electron chi connectivity index (χ0n) is 16.9. The molecule has 27 heavy (non-hydrogen) atoms. The number of benzene rings is 1. The molecule has 2 fully saturated rings. The summed E-state index contributed by atoms with van der Waals surface area (Å²) < 4.78 is 53.7. The minimum atomic E-state index is -4.44. The predicted molar refractivity (Wildman–Crippen MR) is 102 cm³/mol. The standard InChI is InChI=1S/C19H28BF3N2O2/c1-13-11-14(20-26-17(2,3)18(4,5)27-20)12-15(19(21,22)23)16(13)25-9-7-24(6)8-10-25/h11-12H,7-10H2,1-6H3. The van der Waals surface area contributed by atoms with E-state index in [1.54, 1.807) is 13.0 Å². The highest BCUT2D eigenvalue weighted by Gasteiger charge is 2.52. The van der Waals surface area contributed by atoms with Gasteiger partial charge in [0, 0.05) is 26.2 Å². The third kappa shape index (κ3) is 3.84. The largest absolute Gasteiger partial charge is 0.494 e. The molecular weight excluding hydrogens is 356 g/mol. The van der Waals surface area contributed by atoms with Crippen LogP contribution in [0, 0.1) is 6.92 Å². The molecule has 2 aliphatic rings. The molecule has 2 aliphatic heterocycles. The molecular formula is C19H28BF3N2O2. The van der Waals surface area contributed by atoms with E-state index in [-0.39, 0.29) is 5.69 Å². The van der Waals surface area contributed by atoms with Gasteiger partial charge in [-0.25, -0.2) is 0 Å². The maximum absolute atomic E-state index is 13.9. The Balaban J connectivity index is 2.01. The van der Waals surface area contributed by atoms with Crippen molar-refractivity contribution in [2.24, 2.45) is 0 Å². The van der Waals surface area contributed by atoms with Gasteiger partial charge < -0.3 is 19.1 Å². The zero-order valence-corrected chi connectivity index (χ0v) is 16.9. The number of anilines is 1. The van der Waals surface area contributed by atoms with Crippen molar-refractivity contribution in [3.63, 3.8) is 0 Å². The van der Waals surface area contributed by atoms with E-state index in [1.807, 2.05) is 39.6 Å². The maximum Gasteiger partial charge on any atom is 0.494 e. The Morgan fingerprint density at radius 2 is 1.48 bits per heavy atom. The Morgan fingerprint density at radius 3 is 1.96 bits per heavy atom. The van der Waals surface area contributed by atoms with Crippen molar-refractivity contribution in [2.75, 3.05) is 38.1 Å². The van der Waals surface area contributed by atoms with Crippen LogP contribution in [0.15, 0.2) is 12.1 Å². The topological polar surface area (TPSA) is 24.9 Å². The number of halogens is 3. The van der Waals surface area contributed by atoms with Crippen LogP contribution in [0.3, 0.4) is 0 Å². The van der Waals surface area contributed by atoms with E-state index in [0.717, 1.165) is 13.1 Å². The van der Waals surface area contributed by atoms with E-state index in [4.69, 9.17) is 9.31 Å². The minimum Gasteiger partial charge on any atom is -0.399 e. The number of likely N-dealkylation sites (N-methyl/N-ethyl adjacent to an activating group) is 1. The summed E-state index contributed by atoms with van der Waals surface area (Å²) in [5, 5.41) is 0. The van der Waals surface area contributed by atoms with Crippen molar-refractivity contribution in [3.05, 3.63) is 23.3 Å². The highest BCUT2D eigenvalue weighted by atomic mass is 19.4. The van der Waals surface area contributed by atoms with E-state index in [9.17, 15) is 13.2 Å². The van der Waals surface area contributed by atoms with E-state index < -0.39 is 30.1 Å². The molecule has 1 aromatic carbocycles. The van der Waals surface area contributed by atoms with Crippen molar-refractivity contribution < 1.29 is 22.5 Å². The van der Waals surface area contributed by atoms with Gasteiger partial charge in [-0.2, -0.15) is 13.2 Å². The SMILES string of the molecule is Cc1cc(B2OC(C)(C)C(C)(C)O2)cc(C(F)(F)F)c1N1CCN(C)CC1. The van der Waals surface area contributed by atoms with Crippen LogP contribution in [-0.4, -0.2) is 56.4 Å². The van der Waals surface area contributed by atoms with Crippen LogP contribution < -0.4 is 10.4 Å². The van der Waals surface area contributed by atoms with Gasteiger partial charge in [0.2, 0.25) is 0 Å². The molecule has 150 valence electrons. The van der Waals surface area contributed by atoms with Gasteiger partial charge in [-0.15, -0.1) is 0 Å². The first kappa shape index (κ1) is 20.5. The fraction of sp³-hybridized carbons (Fsp3) is 0.684. The van der Waals surface area contributed by atoms with Crippen molar-refractivity contribution >= 4 is 18.3 Å². The lowest BCUT2D eigenvalue weighted by atomic mass is 9.77. The minimum absolute atomic E-state index is 0.274. The van der Waals surface area contributed by atoms with E-state index in [2.05, 4.69) is 4.90 Å². The Hall–Kier alpha value is -1.25. The Labute approximate surface area is 159 Å². The summed E-state index contributed by atoms with van der Waals surface area (Å²) in [4.78, 5) is 3.96. The third-order valence-electron chi connectivity index (χ3n) is 5.97.